The van der Waals surface area contributed by atoms with Crippen LogP contribution in [0.5, 0.6) is 0 Å². The van der Waals surface area contributed by atoms with E-state index in [1.54, 1.807) is 29.8 Å². The molecule has 1 N–H and O–H groups in total. The van der Waals surface area contributed by atoms with E-state index in [2.05, 4.69) is 10.4 Å². The van der Waals surface area contributed by atoms with Crippen LogP contribution >= 0.6 is 0 Å². The van der Waals surface area contributed by atoms with Crippen molar-refractivity contribution in [3.8, 4) is 0 Å². The van der Waals surface area contributed by atoms with Crippen LogP contribution in [0.2, 0.25) is 0 Å². The molecule has 122 valence electrons. The van der Waals surface area contributed by atoms with Gasteiger partial charge in [0.15, 0.2) is 0 Å². The number of nitrogens with zero attached hydrogens (tertiary/aromatic N) is 2. The van der Waals surface area contributed by atoms with Crippen LogP contribution in [0, 0.1) is 0 Å². The molecule has 0 radical (unpaired) electrons. The number of anilines is 1. The van der Waals surface area contributed by atoms with Crippen molar-refractivity contribution < 1.29 is 19.1 Å². The van der Waals surface area contributed by atoms with Gasteiger partial charge >= 0.3 is 5.97 Å². The fourth-order valence-electron chi connectivity index (χ4n) is 2.59. The lowest BCUT2D eigenvalue weighted by molar-refractivity contribution is -0.129. The van der Waals surface area contributed by atoms with Crippen LogP contribution in [0.15, 0.2) is 24.5 Å². The number of carbonyl (C=O) groups excluding carboxylic acids is 2. The topological polar surface area (TPSA) is 81.9 Å². The van der Waals surface area contributed by atoms with Gasteiger partial charge in [-0.2, -0.15) is 5.10 Å². The van der Waals surface area contributed by atoms with Crippen molar-refractivity contribution in [3.05, 3.63) is 30.1 Å². The number of esters is 1. The Kier molecular flexibility index (Phi) is 4.57. The number of pyridine rings is 1. The van der Waals surface area contributed by atoms with E-state index in [-0.39, 0.29) is 5.91 Å². The Morgan fingerprint density at radius 1 is 1.48 bits per heavy atom. The minimum atomic E-state index is -0.429. The van der Waals surface area contributed by atoms with Gasteiger partial charge in [-0.15, -0.1) is 0 Å². The van der Waals surface area contributed by atoms with Crippen LogP contribution < -0.4 is 5.32 Å². The first-order valence-electron chi connectivity index (χ1n) is 7.76. The number of rotatable bonds is 4. The number of aromatic nitrogens is 2. The zero-order valence-corrected chi connectivity index (χ0v) is 12.9. The van der Waals surface area contributed by atoms with Crippen molar-refractivity contribution in [2.24, 2.45) is 0 Å². The summed E-state index contributed by atoms with van der Waals surface area (Å²) in [5.74, 6) is -0.590. The summed E-state index contributed by atoms with van der Waals surface area (Å²) in [4.78, 5) is 24.1. The Morgan fingerprint density at radius 2 is 2.35 bits per heavy atom. The molecule has 0 saturated carbocycles. The lowest BCUT2D eigenvalue weighted by atomic mass is 10.1. The van der Waals surface area contributed by atoms with Gasteiger partial charge in [0.2, 0.25) is 0 Å². The third-order valence-corrected chi connectivity index (χ3v) is 3.76. The minimum absolute atomic E-state index is 0.161. The summed E-state index contributed by atoms with van der Waals surface area (Å²) in [5.41, 5.74) is 1.56. The fourth-order valence-corrected chi connectivity index (χ4v) is 2.59. The zero-order chi connectivity index (χ0) is 16.2. The molecule has 1 amide bonds. The summed E-state index contributed by atoms with van der Waals surface area (Å²) in [6, 6.07) is 3.44. The van der Waals surface area contributed by atoms with Gasteiger partial charge in [-0.1, -0.05) is 0 Å². The van der Waals surface area contributed by atoms with Gasteiger partial charge < -0.3 is 14.8 Å². The largest absolute Gasteiger partial charge is 0.462 e. The first-order valence-corrected chi connectivity index (χ1v) is 7.76. The average Bonchev–Trinajstić information content (AvgIpc) is 2.99. The SMILES string of the molecule is CCOC(=O)c1cnn2ccc(NC(=O)[C@@H]3CCCCO3)cc12. The molecule has 0 aliphatic carbocycles. The molecule has 1 fully saturated rings. The molecule has 3 rings (SSSR count). The van der Waals surface area contributed by atoms with Crippen LogP contribution in [0.1, 0.15) is 36.5 Å². The van der Waals surface area contributed by atoms with Crippen molar-refractivity contribution >= 4 is 23.1 Å². The third-order valence-electron chi connectivity index (χ3n) is 3.76. The second kappa shape index (κ2) is 6.78. The van der Waals surface area contributed by atoms with E-state index in [9.17, 15) is 9.59 Å². The van der Waals surface area contributed by atoms with Crippen LogP contribution in [0.4, 0.5) is 5.69 Å². The molecule has 2 aromatic rings. The van der Waals surface area contributed by atoms with Crippen LogP contribution in [-0.4, -0.2) is 40.8 Å². The lowest BCUT2D eigenvalue weighted by Crippen LogP contribution is -2.33. The molecule has 1 aliphatic heterocycles. The molecular formula is C16H19N3O4. The molecule has 0 spiro atoms. The van der Waals surface area contributed by atoms with Crippen molar-refractivity contribution in [3.63, 3.8) is 0 Å². The quantitative estimate of drug-likeness (QED) is 0.872. The summed E-state index contributed by atoms with van der Waals surface area (Å²) >= 11 is 0. The van der Waals surface area contributed by atoms with E-state index >= 15 is 0 Å². The summed E-state index contributed by atoms with van der Waals surface area (Å²) in [6.45, 7) is 2.66. The van der Waals surface area contributed by atoms with Crippen LogP contribution in [0.25, 0.3) is 5.52 Å². The highest BCUT2D eigenvalue weighted by atomic mass is 16.5. The maximum absolute atomic E-state index is 12.2. The van der Waals surface area contributed by atoms with Crippen molar-refractivity contribution in [1.29, 1.82) is 0 Å². The van der Waals surface area contributed by atoms with Crippen molar-refractivity contribution in [1.82, 2.24) is 9.61 Å². The molecule has 1 aliphatic rings. The molecule has 0 bridgehead atoms. The van der Waals surface area contributed by atoms with Gasteiger partial charge in [0.1, 0.15) is 11.7 Å². The molecular weight excluding hydrogens is 298 g/mol. The zero-order valence-electron chi connectivity index (χ0n) is 12.9. The highest BCUT2D eigenvalue weighted by Gasteiger charge is 2.22. The van der Waals surface area contributed by atoms with Crippen LogP contribution in [0.3, 0.4) is 0 Å². The van der Waals surface area contributed by atoms with E-state index < -0.39 is 12.1 Å². The Morgan fingerprint density at radius 3 is 3.09 bits per heavy atom. The molecule has 7 heteroatoms. The van der Waals surface area contributed by atoms with Gasteiger partial charge in [0.25, 0.3) is 5.91 Å². The highest BCUT2D eigenvalue weighted by Crippen LogP contribution is 2.19. The molecule has 0 aromatic carbocycles. The maximum atomic E-state index is 12.2. The standard InChI is InChI=1S/C16H19N3O4/c1-2-22-16(21)12-10-17-19-7-6-11(9-13(12)19)18-15(20)14-5-3-4-8-23-14/h6-7,9-10,14H,2-5,8H2,1H3,(H,18,20)/t14-/m0/s1. The smallest absolute Gasteiger partial charge is 0.341 e. The van der Waals surface area contributed by atoms with Gasteiger partial charge in [0, 0.05) is 18.5 Å². The maximum Gasteiger partial charge on any atom is 0.341 e. The normalized spacial score (nSPS) is 17.9. The van der Waals surface area contributed by atoms with Gasteiger partial charge in [-0.05, 0) is 38.3 Å². The number of ether oxygens (including phenoxy) is 2. The second-order valence-corrected chi connectivity index (χ2v) is 5.37. The highest BCUT2D eigenvalue weighted by molar-refractivity contribution is 5.99. The summed E-state index contributed by atoms with van der Waals surface area (Å²) < 4.78 is 12.1. The predicted molar refractivity (Wildman–Crippen MR) is 83.4 cm³/mol. The first kappa shape index (κ1) is 15.5. The minimum Gasteiger partial charge on any atom is -0.462 e. The first-order chi connectivity index (χ1) is 11.2. The average molecular weight is 317 g/mol. The molecule has 2 aromatic heterocycles. The van der Waals surface area contributed by atoms with Crippen molar-refractivity contribution in [2.75, 3.05) is 18.5 Å². The number of fused-ring (bicyclic) bond motifs is 1. The van der Waals surface area contributed by atoms with E-state index in [4.69, 9.17) is 9.47 Å². The second-order valence-electron chi connectivity index (χ2n) is 5.37. The van der Waals surface area contributed by atoms with Gasteiger partial charge in [-0.25, -0.2) is 9.31 Å². The third kappa shape index (κ3) is 3.34. The fraction of sp³-hybridized carbons (Fsp3) is 0.438. The lowest BCUT2D eigenvalue weighted by Gasteiger charge is -2.21. The van der Waals surface area contributed by atoms with Crippen LogP contribution in [-0.2, 0) is 14.3 Å². The van der Waals surface area contributed by atoms with Gasteiger partial charge in [0.05, 0.1) is 18.3 Å². The monoisotopic (exact) mass is 317 g/mol. The molecule has 1 atom stereocenters. The number of hydrogen-bond acceptors (Lipinski definition) is 5. The van der Waals surface area contributed by atoms with E-state index in [0.29, 0.717) is 30.0 Å². The van der Waals surface area contributed by atoms with E-state index in [1.807, 2.05) is 0 Å². The summed E-state index contributed by atoms with van der Waals surface area (Å²) in [5, 5.41) is 6.95. The number of amides is 1. The number of hydrogen-bond donors (Lipinski definition) is 1. The molecule has 0 unspecified atom stereocenters. The van der Waals surface area contributed by atoms with E-state index in [0.717, 1.165) is 19.3 Å². The summed E-state index contributed by atoms with van der Waals surface area (Å²) in [6.07, 6.45) is 5.46. The Bertz CT molecular complexity index is 719. The molecule has 3 heterocycles. The molecule has 7 nitrogen and oxygen atoms in total. The summed E-state index contributed by atoms with van der Waals surface area (Å²) in [7, 11) is 0. The molecule has 23 heavy (non-hydrogen) atoms. The molecule has 1 saturated heterocycles. The number of nitrogens with one attached hydrogen (secondary N) is 1. The number of carbonyl (C=O) groups is 2. The van der Waals surface area contributed by atoms with Crippen molar-refractivity contribution in [2.45, 2.75) is 32.3 Å². The Balaban J connectivity index is 1.80. The Labute approximate surface area is 133 Å². The Hall–Kier alpha value is -2.41. The van der Waals surface area contributed by atoms with E-state index in [1.165, 1.54) is 6.20 Å². The van der Waals surface area contributed by atoms with Gasteiger partial charge in [-0.3, -0.25) is 4.79 Å². The predicted octanol–water partition coefficient (Wildman–Crippen LogP) is 2.02.